The lowest BCUT2D eigenvalue weighted by Crippen LogP contribution is -2.41. The SMILES string of the molecule is O=C(C1CC12CCC2)N1CCC(Cc2n[nH]c(=O)n2-c2ccccc2)CC1. The Bertz CT molecular complexity index is 888. The van der Waals surface area contributed by atoms with Gasteiger partial charge < -0.3 is 4.90 Å². The lowest BCUT2D eigenvalue weighted by molar-refractivity contribution is -0.135. The average Bonchev–Trinajstić information content (AvgIpc) is 3.35. The van der Waals surface area contributed by atoms with Gasteiger partial charge in [-0.25, -0.2) is 14.5 Å². The van der Waals surface area contributed by atoms with Crippen LogP contribution < -0.4 is 5.69 Å². The summed E-state index contributed by atoms with van der Waals surface area (Å²) < 4.78 is 1.67. The first-order valence-corrected chi connectivity index (χ1v) is 10.2. The van der Waals surface area contributed by atoms with Crippen molar-refractivity contribution in [2.45, 2.75) is 44.9 Å². The molecule has 2 heterocycles. The van der Waals surface area contributed by atoms with Crippen LogP contribution in [0.25, 0.3) is 5.69 Å². The van der Waals surface area contributed by atoms with Gasteiger partial charge in [-0.2, -0.15) is 5.10 Å². The van der Waals surface area contributed by atoms with E-state index >= 15 is 0 Å². The zero-order valence-electron chi connectivity index (χ0n) is 15.6. The largest absolute Gasteiger partial charge is 0.347 e. The molecule has 0 radical (unpaired) electrons. The molecule has 1 saturated heterocycles. The van der Waals surface area contributed by atoms with Crippen LogP contribution >= 0.6 is 0 Å². The van der Waals surface area contributed by atoms with Crippen molar-refractivity contribution in [3.8, 4) is 5.69 Å². The second kappa shape index (κ2) is 6.36. The molecule has 3 fully saturated rings. The molecule has 142 valence electrons. The fourth-order valence-electron chi connectivity index (χ4n) is 5.03. The number of nitrogens with one attached hydrogen (secondary N) is 1. The molecule has 1 spiro atoms. The molecule has 1 unspecified atom stereocenters. The second-order valence-electron chi connectivity index (χ2n) is 8.56. The zero-order valence-corrected chi connectivity index (χ0v) is 15.6. The van der Waals surface area contributed by atoms with Gasteiger partial charge in [-0.1, -0.05) is 24.6 Å². The third-order valence-electron chi connectivity index (χ3n) is 6.99. The molecule has 3 aliphatic rings. The molecule has 1 atom stereocenters. The maximum atomic E-state index is 12.7. The lowest BCUT2D eigenvalue weighted by Gasteiger charge is -2.34. The van der Waals surface area contributed by atoms with Crippen molar-refractivity contribution in [2.75, 3.05) is 13.1 Å². The summed E-state index contributed by atoms with van der Waals surface area (Å²) in [5, 5.41) is 6.85. The first kappa shape index (κ1) is 16.8. The van der Waals surface area contributed by atoms with E-state index in [4.69, 9.17) is 0 Å². The second-order valence-corrected chi connectivity index (χ2v) is 8.56. The van der Waals surface area contributed by atoms with Crippen molar-refractivity contribution in [3.05, 3.63) is 46.6 Å². The van der Waals surface area contributed by atoms with Gasteiger partial charge in [-0.05, 0) is 55.6 Å². The highest BCUT2D eigenvalue weighted by Gasteiger charge is 2.61. The smallest absolute Gasteiger partial charge is 0.342 e. The number of piperidine rings is 1. The number of aromatic amines is 1. The Morgan fingerprint density at radius 1 is 1.19 bits per heavy atom. The normalized spacial score (nSPS) is 24.0. The van der Waals surface area contributed by atoms with E-state index in [0.29, 0.717) is 23.2 Å². The Balaban J connectivity index is 1.22. The summed E-state index contributed by atoms with van der Waals surface area (Å²) in [4.78, 5) is 27.0. The number of carbonyl (C=O) groups is 1. The van der Waals surface area contributed by atoms with Crippen LogP contribution in [0.4, 0.5) is 0 Å². The first-order chi connectivity index (χ1) is 13.2. The molecule has 1 aromatic heterocycles. The highest BCUT2D eigenvalue weighted by Crippen LogP contribution is 2.66. The maximum absolute atomic E-state index is 12.7. The highest BCUT2D eigenvalue weighted by molar-refractivity contribution is 5.83. The van der Waals surface area contributed by atoms with Crippen molar-refractivity contribution >= 4 is 5.91 Å². The summed E-state index contributed by atoms with van der Waals surface area (Å²) in [5.74, 6) is 1.96. The number of nitrogens with zero attached hydrogens (tertiary/aromatic N) is 3. The molecule has 2 aliphatic carbocycles. The van der Waals surface area contributed by atoms with Gasteiger partial charge in [0, 0.05) is 25.4 Å². The van der Waals surface area contributed by atoms with E-state index in [2.05, 4.69) is 15.1 Å². The summed E-state index contributed by atoms with van der Waals surface area (Å²) in [6.45, 7) is 1.69. The predicted octanol–water partition coefficient (Wildman–Crippen LogP) is 2.53. The van der Waals surface area contributed by atoms with E-state index in [1.54, 1.807) is 4.57 Å². The molecule has 1 amide bonds. The van der Waals surface area contributed by atoms with Gasteiger partial charge in [-0.3, -0.25) is 4.79 Å². The van der Waals surface area contributed by atoms with E-state index in [1.807, 2.05) is 30.3 Å². The number of benzene rings is 1. The first-order valence-electron chi connectivity index (χ1n) is 10.2. The molecule has 1 aliphatic heterocycles. The van der Waals surface area contributed by atoms with E-state index in [9.17, 15) is 9.59 Å². The molecule has 1 N–H and O–H groups in total. The Labute approximate surface area is 158 Å². The molecule has 0 bridgehead atoms. The third kappa shape index (κ3) is 2.91. The van der Waals surface area contributed by atoms with E-state index in [0.717, 1.165) is 50.3 Å². The van der Waals surface area contributed by atoms with Crippen LogP contribution in [0.1, 0.15) is 44.3 Å². The minimum atomic E-state index is -0.191. The van der Waals surface area contributed by atoms with Crippen LogP contribution in [0.5, 0.6) is 0 Å². The van der Waals surface area contributed by atoms with Gasteiger partial charge in [0.1, 0.15) is 5.82 Å². The van der Waals surface area contributed by atoms with Gasteiger partial charge in [-0.15, -0.1) is 0 Å². The molecule has 6 heteroatoms. The van der Waals surface area contributed by atoms with E-state index in [-0.39, 0.29) is 5.69 Å². The Hall–Kier alpha value is -2.37. The minimum absolute atomic E-state index is 0.191. The number of carbonyl (C=O) groups excluding carboxylic acids is 1. The predicted molar refractivity (Wildman–Crippen MR) is 102 cm³/mol. The monoisotopic (exact) mass is 366 g/mol. The molecule has 2 saturated carbocycles. The fourth-order valence-corrected chi connectivity index (χ4v) is 5.03. The fraction of sp³-hybridized carbons (Fsp3) is 0.571. The van der Waals surface area contributed by atoms with Gasteiger partial charge in [0.2, 0.25) is 5.91 Å². The molecular weight excluding hydrogens is 340 g/mol. The summed E-state index contributed by atoms with van der Waals surface area (Å²) in [7, 11) is 0. The van der Waals surface area contributed by atoms with E-state index < -0.39 is 0 Å². The molecule has 27 heavy (non-hydrogen) atoms. The van der Waals surface area contributed by atoms with Crippen LogP contribution in [0.15, 0.2) is 35.1 Å². The Kier molecular flexibility index (Phi) is 3.95. The van der Waals surface area contributed by atoms with Crippen molar-refractivity contribution in [3.63, 3.8) is 0 Å². The van der Waals surface area contributed by atoms with Crippen molar-refractivity contribution < 1.29 is 4.79 Å². The topological polar surface area (TPSA) is 71.0 Å². The van der Waals surface area contributed by atoms with Gasteiger partial charge in [0.15, 0.2) is 0 Å². The van der Waals surface area contributed by atoms with Crippen molar-refractivity contribution in [2.24, 2.45) is 17.3 Å². The molecule has 6 nitrogen and oxygen atoms in total. The van der Waals surface area contributed by atoms with Crippen molar-refractivity contribution in [1.29, 1.82) is 0 Å². The summed E-state index contributed by atoms with van der Waals surface area (Å²) in [5.41, 5.74) is 1.07. The van der Waals surface area contributed by atoms with Crippen molar-refractivity contribution in [1.82, 2.24) is 19.7 Å². The van der Waals surface area contributed by atoms with Gasteiger partial charge in [0.25, 0.3) is 0 Å². The number of amides is 1. The molecular formula is C21H26N4O2. The number of hydrogen-bond donors (Lipinski definition) is 1. The quantitative estimate of drug-likeness (QED) is 0.904. The maximum Gasteiger partial charge on any atom is 0.347 e. The molecule has 1 aromatic carbocycles. The zero-order chi connectivity index (χ0) is 18.4. The summed E-state index contributed by atoms with van der Waals surface area (Å²) in [6.07, 6.45) is 7.69. The number of hydrogen-bond acceptors (Lipinski definition) is 3. The molecule has 2 aromatic rings. The average molecular weight is 366 g/mol. The number of para-hydroxylation sites is 1. The van der Waals surface area contributed by atoms with Crippen LogP contribution in [0.3, 0.4) is 0 Å². The summed E-state index contributed by atoms with van der Waals surface area (Å²) in [6, 6.07) is 9.64. The lowest BCUT2D eigenvalue weighted by atomic mass is 9.79. The highest BCUT2D eigenvalue weighted by atomic mass is 16.2. The third-order valence-corrected chi connectivity index (χ3v) is 6.99. The Morgan fingerprint density at radius 2 is 1.93 bits per heavy atom. The number of aromatic nitrogens is 3. The van der Waals surface area contributed by atoms with Crippen LogP contribution in [0.2, 0.25) is 0 Å². The molecule has 5 rings (SSSR count). The Morgan fingerprint density at radius 3 is 2.56 bits per heavy atom. The van der Waals surface area contributed by atoms with E-state index in [1.165, 1.54) is 19.3 Å². The van der Waals surface area contributed by atoms with Crippen LogP contribution in [-0.4, -0.2) is 38.7 Å². The summed E-state index contributed by atoms with van der Waals surface area (Å²) >= 11 is 0. The van der Waals surface area contributed by atoms with Crippen LogP contribution in [-0.2, 0) is 11.2 Å². The standard InChI is InChI=1S/C21H26N4O2/c26-19(17-14-21(17)9-4-10-21)24-11-7-15(8-12-24)13-18-22-23-20(27)25(18)16-5-2-1-3-6-16/h1-3,5-6,15,17H,4,7-14H2,(H,23,27). The van der Waals surface area contributed by atoms with Crippen LogP contribution in [0, 0.1) is 17.3 Å². The number of H-pyrrole nitrogens is 1. The van der Waals surface area contributed by atoms with Gasteiger partial charge in [0.05, 0.1) is 5.69 Å². The minimum Gasteiger partial charge on any atom is -0.342 e. The number of likely N-dealkylation sites (tertiary alicyclic amines) is 1. The number of rotatable bonds is 4. The van der Waals surface area contributed by atoms with Gasteiger partial charge >= 0.3 is 5.69 Å².